The summed E-state index contributed by atoms with van der Waals surface area (Å²) in [6.07, 6.45) is 3.02. The molecule has 0 fully saturated rings. The molecule has 0 radical (unpaired) electrons. The second kappa shape index (κ2) is 8.92. The first-order chi connectivity index (χ1) is 13.5. The smallest absolute Gasteiger partial charge is 0.270 e. The summed E-state index contributed by atoms with van der Waals surface area (Å²) in [6.45, 7) is 0. The Hall–Kier alpha value is -3.52. The van der Waals surface area contributed by atoms with Crippen LogP contribution in [0, 0.1) is 0 Å². The molecule has 0 saturated heterocycles. The first kappa shape index (κ1) is 19.2. The van der Waals surface area contributed by atoms with Crippen molar-refractivity contribution in [3.05, 3.63) is 94.2 Å². The van der Waals surface area contributed by atoms with Crippen LogP contribution < -0.4 is 16.2 Å². The number of anilines is 1. The average Bonchev–Trinajstić information content (AvgIpc) is 2.73. The van der Waals surface area contributed by atoms with Gasteiger partial charge in [-0.15, -0.1) is 0 Å². The summed E-state index contributed by atoms with van der Waals surface area (Å²) in [6, 6.07) is 16.5. The molecule has 0 aliphatic rings. The van der Waals surface area contributed by atoms with Crippen molar-refractivity contribution in [2.75, 3.05) is 5.32 Å². The Kier molecular flexibility index (Phi) is 6.13. The van der Waals surface area contributed by atoms with E-state index in [9.17, 15) is 14.4 Å². The summed E-state index contributed by atoms with van der Waals surface area (Å²) in [5, 5.41) is 2.70. The van der Waals surface area contributed by atoms with Crippen molar-refractivity contribution in [1.29, 1.82) is 0 Å². The zero-order valence-electron chi connectivity index (χ0n) is 14.5. The quantitative estimate of drug-likeness (QED) is 0.544. The van der Waals surface area contributed by atoms with E-state index < -0.39 is 11.8 Å². The van der Waals surface area contributed by atoms with E-state index >= 15 is 0 Å². The maximum atomic E-state index is 12.3. The molecule has 7 nitrogen and oxygen atoms in total. The predicted molar refractivity (Wildman–Crippen MR) is 108 cm³/mol. The minimum atomic E-state index is -0.516. The van der Waals surface area contributed by atoms with Crippen LogP contribution in [-0.2, 0) is 0 Å². The molecule has 140 valence electrons. The van der Waals surface area contributed by atoms with Gasteiger partial charge in [0.1, 0.15) is 0 Å². The van der Waals surface area contributed by atoms with Gasteiger partial charge in [0.05, 0.1) is 11.1 Å². The highest BCUT2D eigenvalue weighted by Crippen LogP contribution is 2.15. The third-order valence-corrected chi connectivity index (χ3v) is 4.41. The van der Waals surface area contributed by atoms with E-state index in [2.05, 4.69) is 37.1 Å². The third-order valence-electron chi connectivity index (χ3n) is 3.71. The Morgan fingerprint density at radius 3 is 2.29 bits per heavy atom. The standard InChI is InChI=1S/C20H15BrN4O3/c21-17-9-2-1-8-16(17)20(28)25-24-19(27)13-5-3-7-15(11-13)23-18(26)14-6-4-10-22-12-14/h1-12H,(H,23,26)(H,24,27)(H,25,28). The van der Waals surface area contributed by atoms with Crippen molar-refractivity contribution in [2.45, 2.75) is 0 Å². The van der Waals surface area contributed by atoms with Crippen LogP contribution in [0.25, 0.3) is 0 Å². The van der Waals surface area contributed by atoms with Gasteiger partial charge in [0.15, 0.2) is 0 Å². The molecule has 0 aliphatic heterocycles. The lowest BCUT2D eigenvalue weighted by atomic mass is 10.2. The first-order valence-electron chi connectivity index (χ1n) is 8.21. The fourth-order valence-corrected chi connectivity index (χ4v) is 2.80. The van der Waals surface area contributed by atoms with Gasteiger partial charge in [0.2, 0.25) is 0 Å². The molecule has 2 aromatic carbocycles. The summed E-state index contributed by atoms with van der Waals surface area (Å²) in [5.41, 5.74) is 6.22. The molecule has 1 aromatic heterocycles. The van der Waals surface area contributed by atoms with Gasteiger partial charge in [0.25, 0.3) is 17.7 Å². The van der Waals surface area contributed by atoms with Crippen LogP contribution in [0.5, 0.6) is 0 Å². The van der Waals surface area contributed by atoms with Crippen LogP contribution in [0.1, 0.15) is 31.1 Å². The number of hydrogen-bond donors (Lipinski definition) is 3. The number of pyridine rings is 1. The van der Waals surface area contributed by atoms with E-state index in [-0.39, 0.29) is 11.5 Å². The molecule has 0 spiro atoms. The van der Waals surface area contributed by atoms with Gasteiger partial charge in [-0.1, -0.05) is 18.2 Å². The maximum absolute atomic E-state index is 12.3. The Bertz CT molecular complexity index is 1020. The van der Waals surface area contributed by atoms with Crippen molar-refractivity contribution >= 4 is 39.3 Å². The molecule has 3 rings (SSSR count). The molecule has 8 heteroatoms. The van der Waals surface area contributed by atoms with E-state index in [1.807, 2.05) is 0 Å². The van der Waals surface area contributed by atoms with Crippen molar-refractivity contribution in [2.24, 2.45) is 0 Å². The topological polar surface area (TPSA) is 100 Å². The van der Waals surface area contributed by atoms with Gasteiger partial charge in [-0.3, -0.25) is 30.2 Å². The van der Waals surface area contributed by atoms with Crippen LogP contribution in [-0.4, -0.2) is 22.7 Å². The molecule has 28 heavy (non-hydrogen) atoms. The van der Waals surface area contributed by atoms with Crippen molar-refractivity contribution in [3.63, 3.8) is 0 Å². The number of aromatic nitrogens is 1. The predicted octanol–water partition coefficient (Wildman–Crippen LogP) is 3.17. The zero-order chi connectivity index (χ0) is 19.9. The molecule has 1 heterocycles. The van der Waals surface area contributed by atoms with Crippen molar-refractivity contribution in [3.8, 4) is 0 Å². The van der Waals surface area contributed by atoms with E-state index in [4.69, 9.17) is 0 Å². The van der Waals surface area contributed by atoms with E-state index in [0.29, 0.717) is 21.3 Å². The molecule has 0 aliphatic carbocycles. The molecule has 0 saturated carbocycles. The monoisotopic (exact) mass is 438 g/mol. The Morgan fingerprint density at radius 1 is 0.786 bits per heavy atom. The number of rotatable bonds is 4. The van der Waals surface area contributed by atoms with Gasteiger partial charge in [-0.2, -0.15) is 0 Å². The lowest BCUT2D eigenvalue weighted by Crippen LogP contribution is -2.41. The average molecular weight is 439 g/mol. The Labute approximate surface area is 169 Å². The molecular weight excluding hydrogens is 424 g/mol. The van der Waals surface area contributed by atoms with Crippen LogP contribution in [0.4, 0.5) is 5.69 Å². The SMILES string of the molecule is O=C(NNC(=O)c1ccccc1Br)c1cccc(NC(=O)c2cccnc2)c1. The van der Waals surface area contributed by atoms with Crippen molar-refractivity contribution in [1.82, 2.24) is 15.8 Å². The second-order valence-electron chi connectivity index (χ2n) is 5.66. The minimum Gasteiger partial charge on any atom is -0.322 e. The van der Waals surface area contributed by atoms with Crippen LogP contribution in [0.15, 0.2) is 77.5 Å². The number of hydrogen-bond acceptors (Lipinski definition) is 4. The van der Waals surface area contributed by atoms with Crippen LogP contribution in [0.3, 0.4) is 0 Å². The molecule has 0 bridgehead atoms. The van der Waals surface area contributed by atoms with Gasteiger partial charge in [-0.25, -0.2) is 0 Å². The molecule has 3 amide bonds. The molecular formula is C20H15BrN4O3. The summed E-state index contributed by atoms with van der Waals surface area (Å²) < 4.78 is 0.613. The van der Waals surface area contributed by atoms with Gasteiger partial charge in [-0.05, 0) is 58.4 Å². The number of carbonyl (C=O) groups excluding carboxylic acids is 3. The lowest BCUT2D eigenvalue weighted by molar-refractivity contribution is 0.0846. The summed E-state index contributed by atoms with van der Waals surface area (Å²) in [7, 11) is 0. The highest BCUT2D eigenvalue weighted by Gasteiger charge is 2.12. The van der Waals surface area contributed by atoms with Crippen molar-refractivity contribution < 1.29 is 14.4 Å². The van der Waals surface area contributed by atoms with E-state index in [1.165, 1.54) is 12.3 Å². The van der Waals surface area contributed by atoms with E-state index in [0.717, 1.165) is 0 Å². The number of halogens is 1. The fraction of sp³-hybridized carbons (Fsp3) is 0. The number of hydrazine groups is 1. The molecule has 0 unspecified atom stereocenters. The maximum Gasteiger partial charge on any atom is 0.270 e. The zero-order valence-corrected chi connectivity index (χ0v) is 16.1. The number of nitrogens with one attached hydrogen (secondary N) is 3. The Balaban J connectivity index is 1.63. The number of amides is 3. The largest absolute Gasteiger partial charge is 0.322 e. The van der Waals surface area contributed by atoms with Gasteiger partial charge in [0, 0.05) is 28.1 Å². The second-order valence-corrected chi connectivity index (χ2v) is 6.52. The summed E-state index contributed by atoms with van der Waals surface area (Å²) >= 11 is 3.28. The Morgan fingerprint density at radius 2 is 1.54 bits per heavy atom. The molecule has 0 atom stereocenters. The number of carbonyl (C=O) groups is 3. The highest BCUT2D eigenvalue weighted by atomic mass is 79.9. The highest BCUT2D eigenvalue weighted by molar-refractivity contribution is 9.10. The molecule has 3 N–H and O–H groups in total. The van der Waals surface area contributed by atoms with E-state index in [1.54, 1.807) is 60.8 Å². The summed E-state index contributed by atoms with van der Waals surface area (Å²) in [4.78, 5) is 40.5. The third kappa shape index (κ3) is 4.80. The van der Waals surface area contributed by atoms with Gasteiger partial charge < -0.3 is 5.32 Å². The lowest BCUT2D eigenvalue weighted by Gasteiger charge is -2.10. The van der Waals surface area contributed by atoms with Crippen LogP contribution >= 0.6 is 15.9 Å². The summed E-state index contributed by atoms with van der Waals surface area (Å²) in [5.74, 6) is -1.31. The number of nitrogens with zero attached hydrogens (tertiary/aromatic N) is 1. The first-order valence-corrected chi connectivity index (χ1v) is 9.00. The minimum absolute atomic E-state index is 0.274. The normalized spacial score (nSPS) is 10.0. The molecule has 3 aromatic rings. The van der Waals surface area contributed by atoms with Crippen LogP contribution in [0.2, 0.25) is 0 Å². The van der Waals surface area contributed by atoms with Gasteiger partial charge >= 0.3 is 0 Å². The fourth-order valence-electron chi connectivity index (χ4n) is 2.34. The number of benzene rings is 2.